The summed E-state index contributed by atoms with van der Waals surface area (Å²) in [5.74, 6) is 5.97. The van der Waals surface area contributed by atoms with Gasteiger partial charge < -0.3 is 0 Å². The van der Waals surface area contributed by atoms with E-state index in [1.54, 1.807) is 0 Å². The molecule has 0 spiro atoms. The molecule has 0 saturated carbocycles. The summed E-state index contributed by atoms with van der Waals surface area (Å²) in [6, 6.07) is 6.33. The highest BCUT2D eigenvalue weighted by Crippen LogP contribution is 2.08. The molecule has 0 aliphatic rings. The standard InChI is InChI=1S/C11H12/c1-4-5-11-8-9(2)6-7-10(11)3/h6-8H,1-3H3. The Morgan fingerprint density at radius 1 is 1.18 bits per heavy atom. The van der Waals surface area contributed by atoms with Crippen molar-refractivity contribution in [2.45, 2.75) is 20.8 Å². The van der Waals surface area contributed by atoms with Crippen LogP contribution in [0.1, 0.15) is 23.6 Å². The molecule has 0 aliphatic carbocycles. The Morgan fingerprint density at radius 2 is 1.91 bits per heavy atom. The zero-order valence-corrected chi connectivity index (χ0v) is 7.23. The van der Waals surface area contributed by atoms with Crippen LogP contribution in [-0.2, 0) is 0 Å². The van der Waals surface area contributed by atoms with E-state index in [1.165, 1.54) is 11.1 Å². The minimum atomic E-state index is 1.15. The molecule has 0 aromatic heterocycles. The smallest absolute Gasteiger partial charge is 0.0276 e. The average molecular weight is 144 g/mol. The number of hydrogen-bond acceptors (Lipinski definition) is 0. The summed E-state index contributed by atoms with van der Waals surface area (Å²) in [4.78, 5) is 0. The Morgan fingerprint density at radius 3 is 2.55 bits per heavy atom. The molecule has 0 atom stereocenters. The predicted molar refractivity (Wildman–Crippen MR) is 48.5 cm³/mol. The molecular weight excluding hydrogens is 132 g/mol. The number of benzene rings is 1. The normalized spacial score (nSPS) is 8.64. The fraction of sp³-hybridized carbons (Fsp3) is 0.273. The maximum atomic E-state index is 3.07. The highest BCUT2D eigenvalue weighted by atomic mass is 14.0. The van der Waals surface area contributed by atoms with Crippen LogP contribution < -0.4 is 0 Å². The molecule has 0 radical (unpaired) electrons. The van der Waals surface area contributed by atoms with Crippen LogP contribution in [0.25, 0.3) is 0 Å². The van der Waals surface area contributed by atoms with Crippen molar-refractivity contribution in [2.75, 3.05) is 0 Å². The molecule has 1 aromatic rings. The fourth-order valence-electron chi connectivity index (χ4n) is 1.01. The van der Waals surface area contributed by atoms with Gasteiger partial charge >= 0.3 is 0 Å². The Bertz CT molecular complexity index is 311. The van der Waals surface area contributed by atoms with Crippen molar-refractivity contribution in [3.8, 4) is 11.8 Å². The summed E-state index contributed by atoms with van der Waals surface area (Å²) in [5, 5.41) is 0. The van der Waals surface area contributed by atoms with Gasteiger partial charge in [-0.25, -0.2) is 0 Å². The Hall–Kier alpha value is -1.22. The van der Waals surface area contributed by atoms with Crippen molar-refractivity contribution in [3.05, 3.63) is 34.9 Å². The van der Waals surface area contributed by atoms with Gasteiger partial charge in [-0.05, 0) is 38.0 Å². The van der Waals surface area contributed by atoms with E-state index in [9.17, 15) is 0 Å². The molecule has 0 N–H and O–H groups in total. The monoisotopic (exact) mass is 144 g/mol. The quantitative estimate of drug-likeness (QED) is 0.491. The summed E-state index contributed by atoms with van der Waals surface area (Å²) in [7, 11) is 0. The lowest BCUT2D eigenvalue weighted by atomic mass is 10.1. The second-order valence-electron chi connectivity index (χ2n) is 2.69. The van der Waals surface area contributed by atoms with Gasteiger partial charge in [0.05, 0.1) is 0 Å². The molecule has 0 heteroatoms. The number of rotatable bonds is 0. The highest BCUT2D eigenvalue weighted by molar-refractivity contribution is 5.42. The lowest BCUT2D eigenvalue weighted by Gasteiger charge is -1.98. The molecule has 11 heavy (non-hydrogen) atoms. The maximum Gasteiger partial charge on any atom is 0.0276 e. The van der Waals surface area contributed by atoms with Crippen molar-refractivity contribution in [1.82, 2.24) is 0 Å². The molecule has 1 rings (SSSR count). The maximum absolute atomic E-state index is 3.07. The first kappa shape index (κ1) is 7.88. The van der Waals surface area contributed by atoms with Gasteiger partial charge in [0.15, 0.2) is 0 Å². The molecule has 1 aromatic carbocycles. The number of hydrogen-bond donors (Lipinski definition) is 0. The van der Waals surface area contributed by atoms with E-state index in [0.29, 0.717) is 0 Å². The fourth-order valence-corrected chi connectivity index (χ4v) is 1.01. The van der Waals surface area contributed by atoms with E-state index in [2.05, 4.69) is 43.9 Å². The van der Waals surface area contributed by atoms with Crippen molar-refractivity contribution in [2.24, 2.45) is 0 Å². The minimum absolute atomic E-state index is 1.15. The SMILES string of the molecule is CC#Cc1cc(C)ccc1C. The largest absolute Gasteiger partial charge is 0.101 e. The first-order valence-corrected chi connectivity index (χ1v) is 3.74. The lowest BCUT2D eigenvalue weighted by Crippen LogP contribution is -1.82. The lowest BCUT2D eigenvalue weighted by molar-refractivity contribution is 1.37. The summed E-state index contributed by atoms with van der Waals surface area (Å²) >= 11 is 0. The summed E-state index contributed by atoms with van der Waals surface area (Å²) < 4.78 is 0. The third-order valence-electron chi connectivity index (χ3n) is 1.65. The van der Waals surface area contributed by atoms with Gasteiger partial charge in [0.2, 0.25) is 0 Å². The van der Waals surface area contributed by atoms with Crippen LogP contribution in [0, 0.1) is 25.7 Å². The Kier molecular flexibility index (Phi) is 2.33. The van der Waals surface area contributed by atoms with Gasteiger partial charge in [0.25, 0.3) is 0 Å². The molecule has 0 fully saturated rings. The van der Waals surface area contributed by atoms with Crippen molar-refractivity contribution < 1.29 is 0 Å². The van der Waals surface area contributed by atoms with E-state index < -0.39 is 0 Å². The van der Waals surface area contributed by atoms with Crippen molar-refractivity contribution in [1.29, 1.82) is 0 Å². The first-order valence-electron chi connectivity index (χ1n) is 3.74. The van der Waals surface area contributed by atoms with Crippen LogP contribution in [0.5, 0.6) is 0 Å². The second-order valence-corrected chi connectivity index (χ2v) is 2.69. The predicted octanol–water partition coefficient (Wildman–Crippen LogP) is 2.67. The molecule has 56 valence electrons. The van der Waals surface area contributed by atoms with Gasteiger partial charge in [-0.15, -0.1) is 5.92 Å². The molecule has 0 amide bonds. The van der Waals surface area contributed by atoms with Crippen molar-refractivity contribution in [3.63, 3.8) is 0 Å². The van der Waals surface area contributed by atoms with Crippen LogP contribution in [0.2, 0.25) is 0 Å². The topological polar surface area (TPSA) is 0 Å². The second kappa shape index (κ2) is 3.25. The Balaban J connectivity index is 3.19. The third kappa shape index (κ3) is 1.85. The molecular formula is C11H12. The molecule has 0 unspecified atom stereocenters. The first-order chi connectivity index (χ1) is 5.24. The minimum Gasteiger partial charge on any atom is -0.101 e. The molecule has 0 bridgehead atoms. The van der Waals surface area contributed by atoms with Gasteiger partial charge in [-0.1, -0.05) is 18.1 Å². The summed E-state index contributed by atoms with van der Waals surface area (Å²) in [6.45, 7) is 6.03. The van der Waals surface area contributed by atoms with Crippen LogP contribution in [0.4, 0.5) is 0 Å². The van der Waals surface area contributed by atoms with Crippen LogP contribution in [0.15, 0.2) is 18.2 Å². The van der Waals surface area contributed by atoms with E-state index in [4.69, 9.17) is 0 Å². The van der Waals surface area contributed by atoms with E-state index in [-0.39, 0.29) is 0 Å². The summed E-state index contributed by atoms with van der Waals surface area (Å²) in [5.41, 5.74) is 3.67. The zero-order valence-electron chi connectivity index (χ0n) is 7.23. The van der Waals surface area contributed by atoms with E-state index in [1.807, 2.05) is 6.92 Å². The van der Waals surface area contributed by atoms with E-state index >= 15 is 0 Å². The van der Waals surface area contributed by atoms with Crippen LogP contribution in [-0.4, -0.2) is 0 Å². The molecule has 0 saturated heterocycles. The van der Waals surface area contributed by atoms with Crippen LogP contribution in [0.3, 0.4) is 0 Å². The molecule has 0 nitrogen and oxygen atoms in total. The van der Waals surface area contributed by atoms with Gasteiger partial charge in [-0.2, -0.15) is 0 Å². The highest BCUT2D eigenvalue weighted by Gasteiger charge is 1.92. The zero-order chi connectivity index (χ0) is 8.27. The van der Waals surface area contributed by atoms with Gasteiger partial charge in [0, 0.05) is 5.56 Å². The molecule has 0 aliphatic heterocycles. The molecule has 0 heterocycles. The number of aryl methyl sites for hydroxylation is 2. The summed E-state index contributed by atoms with van der Waals surface area (Å²) in [6.07, 6.45) is 0. The van der Waals surface area contributed by atoms with E-state index in [0.717, 1.165) is 5.56 Å². The Labute approximate surface area is 68.3 Å². The van der Waals surface area contributed by atoms with Crippen LogP contribution >= 0.6 is 0 Å². The van der Waals surface area contributed by atoms with Gasteiger partial charge in [-0.3, -0.25) is 0 Å². The third-order valence-corrected chi connectivity index (χ3v) is 1.65. The van der Waals surface area contributed by atoms with Gasteiger partial charge in [0.1, 0.15) is 0 Å². The van der Waals surface area contributed by atoms with Crippen molar-refractivity contribution >= 4 is 0 Å². The average Bonchev–Trinajstić information content (AvgIpc) is 1.98.